The first kappa shape index (κ1) is 18.2. The van der Waals surface area contributed by atoms with Crippen molar-refractivity contribution in [2.75, 3.05) is 5.32 Å². The Morgan fingerprint density at radius 3 is 2.56 bits per heavy atom. The van der Waals surface area contributed by atoms with Gasteiger partial charge in [0.2, 0.25) is 0 Å². The zero-order chi connectivity index (χ0) is 18.6. The van der Waals surface area contributed by atoms with Crippen LogP contribution in [-0.2, 0) is 4.79 Å². The lowest BCUT2D eigenvalue weighted by Crippen LogP contribution is -2.13. The number of anilines is 1. The molecule has 0 saturated carbocycles. The highest BCUT2D eigenvalue weighted by atomic mass is 35.5. The third-order valence-electron chi connectivity index (χ3n) is 3.33. The zero-order valence-corrected chi connectivity index (χ0v) is 13.8. The van der Waals surface area contributed by atoms with Crippen LogP contribution in [0.25, 0.3) is 6.08 Å². The summed E-state index contributed by atoms with van der Waals surface area (Å²) in [6.07, 6.45) is 1.38. The average Bonchev–Trinajstić information content (AvgIpc) is 2.56. The molecule has 0 atom stereocenters. The van der Waals surface area contributed by atoms with Crippen molar-refractivity contribution in [1.29, 1.82) is 0 Å². The number of halogens is 1. The van der Waals surface area contributed by atoms with Crippen molar-refractivity contribution in [2.45, 2.75) is 6.92 Å². The molecule has 0 radical (unpaired) electrons. The number of nitro groups is 1. The highest BCUT2D eigenvalue weighted by Crippen LogP contribution is 2.25. The molecule has 0 spiro atoms. The molecule has 2 aromatic rings. The fraction of sp³-hybridized carbons (Fsp3) is 0.0588. The minimum atomic E-state index is -1.15. The van der Waals surface area contributed by atoms with Gasteiger partial charge >= 0.3 is 5.97 Å². The maximum atomic E-state index is 12.3. The van der Waals surface area contributed by atoms with Crippen molar-refractivity contribution in [1.82, 2.24) is 0 Å². The monoisotopic (exact) mass is 360 g/mol. The van der Waals surface area contributed by atoms with E-state index in [-0.39, 0.29) is 33.1 Å². The molecule has 7 nitrogen and oxygen atoms in total. The Bertz CT molecular complexity index is 892. The van der Waals surface area contributed by atoms with Gasteiger partial charge in [-0.3, -0.25) is 14.9 Å². The van der Waals surface area contributed by atoms with E-state index in [1.807, 2.05) is 0 Å². The van der Waals surface area contributed by atoms with Crippen LogP contribution in [0.5, 0.6) is 0 Å². The molecule has 8 heteroatoms. The van der Waals surface area contributed by atoms with Crippen LogP contribution in [0.15, 0.2) is 48.0 Å². The van der Waals surface area contributed by atoms with Crippen LogP contribution in [0.4, 0.5) is 11.4 Å². The van der Waals surface area contributed by atoms with Gasteiger partial charge in [-0.15, -0.1) is 0 Å². The highest BCUT2D eigenvalue weighted by Gasteiger charge is 2.14. The van der Waals surface area contributed by atoms with E-state index in [9.17, 15) is 19.7 Å². The Labute approximate surface area is 147 Å². The fourth-order valence-corrected chi connectivity index (χ4v) is 2.21. The number of rotatable bonds is 5. The number of nitro benzene ring substituents is 1. The van der Waals surface area contributed by atoms with Crippen LogP contribution in [0.1, 0.15) is 22.8 Å². The lowest BCUT2D eigenvalue weighted by atomic mass is 10.1. The molecule has 0 heterocycles. The summed E-state index contributed by atoms with van der Waals surface area (Å²) in [6.45, 7) is 1.49. The summed E-state index contributed by atoms with van der Waals surface area (Å²) >= 11 is 5.96. The van der Waals surface area contributed by atoms with Gasteiger partial charge in [0.05, 0.1) is 26.8 Å². The van der Waals surface area contributed by atoms with E-state index in [0.717, 1.165) is 0 Å². The summed E-state index contributed by atoms with van der Waals surface area (Å²) in [5, 5.41) is 22.7. The second-order valence-corrected chi connectivity index (χ2v) is 5.50. The molecule has 128 valence electrons. The molecular formula is C17H13ClN2O5. The largest absolute Gasteiger partial charge is 0.478 e. The van der Waals surface area contributed by atoms with Gasteiger partial charge < -0.3 is 10.4 Å². The molecular weight excluding hydrogens is 348 g/mol. The number of carboxylic acids is 1. The summed E-state index contributed by atoms with van der Waals surface area (Å²) in [5.74, 6) is -1.71. The number of hydrogen-bond acceptors (Lipinski definition) is 4. The standard InChI is InChI=1S/C17H13ClN2O5/c1-10(8-11-4-2-3-5-15(11)20(24)25)16(21)19-14-9-12(17(22)23)6-7-13(14)18/h2-9H,1H3,(H,19,21)(H,22,23)/b10-8+. The molecule has 0 bridgehead atoms. The molecule has 25 heavy (non-hydrogen) atoms. The quantitative estimate of drug-likeness (QED) is 0.476. The molecule has 0 aliphatic heterocycles. The Hall–Kier alpha value is -3.19. The number of para-hydroxylation sites is 1. The molecule has 2 rings (SSSR count). The van der Waals surface area contributed by atoms with Crippen LogP contribution in [0.3, 0.4) is 0 Å². The van der Waals surface area contributed by atoms with E-state index in [2.05, 4.69) is 5.32 Å². The number of aromatic carboxylic acids is 1. The normalized spacial score (nSPS) is 11.0. The molecule has 2 aromatic carbocycles. The van der Waals surface area contributed by atoms with Crippen molar-refractivity contribution in [3.63, 3.8) is 0 Å². The Morgan fingerprint density at radius 2 is 1.92 bits per heavy atom. The van der Waals surface area contributed by atoms with Crippen LogP contribution >= 0.6 is 11.6 Å². The molecule has 0 aromatic heterocycles. The summed E-state index contributed by atoms with van der Waals surface area (Å²) in [7, 11) is 0. The zero-order valence-electron chi connectivity index (χ0n) is 13.0. The third kappa shape index (κ3) is 4.42. The van der Waals surface area contributed by atoms with Gasteiger partial charge in [0.1, 0.15) is 0 Å². The summed E-state index contributed by atoms with van der Waals surface area (Å²) in [6, 6.07) is 9.93. The van der Waals surface area contributed by atoms with Crippen molar-refractivity contribution >= 4 is 40.9 Å². The molecule has 0 fully saturated rings. The van der Waals surface area contributed by atoms with Gasteiger partial charge in [-0.25, -0.2) is 4.79 Å². The molecule has 2 N–H and O–H groups in total. The van der Waals surface area contributed by atoms with Gasteiger partial charge in [-0.1, -0.05) is 23.7 Å². The molecule has 0 saturated heterocycles. The Morgan fingerprint density at radius 1 is 1.24 bits per heavy atom. The minimum absolute atomic E-state index is 0.0278. The Balaban J connectivity index is 2.28. The van der Waals surface area contributed by atoms with Gasteiger partial charge in [0, 0.05) is 11.6 Å². The highest BCUT2D eigenvalue weighted by molar-refractivity contribution is 6.34. The number of nitrogens with one attached hydrogen (secondary N) is 1. The van der Waals surface area contributed by atoms with Crippen molar-refractivity contribution in [3.8, 4) is 0 Å². The van der Waals surface area contributed by atoms with E-state index >= 15 is 0 Å². The summed E-state index contributed by atoms with van der Waals surface area (Å²) in [4.78, 5) is 33.7. The molecule has 1 amide bonds. The topological polar surface area (TPSA) is 110 Å². The van der Waals surface area contributed by atoms with Crippen LogP contribution in [0, 0.1) is 10.1 Å². The minimum Gasteiger partial charge on any atom is -0.478 e. The number of carbonyl (C=O) groups excluding carboxylic acids is 1. The number of carbonyl (C=O) groups is 2. The number of carboxylic acid groups (broad SMARTS) is 1. The molecule has 0 aliphatic carbocycles. The second kappa shape index (κ2) is 7.59. The van der Waals surface area contributed by atoms with Gasteiger partial charge in [-0.2, -0.15) is 0 Å². The number of benzene rings is 2. The smallest absolute Gasteiger partial charge is 0.335 e. The number of hydrogen-bond donors (Lipinski definition) is 2. The first-order valence-electron chi connectivity index (χ1n) is 7.05. The lowest BCUT2D eigenvalue weighted by molar-refractivity contribution is -0.385. The maximum absolute atomic E-state index is 12.3. The lowest BCUT2D eigenvalue weighted by Gasteiger charge is -2.08. The van der Waals surface area contributed by atoms with E-state index in [4.69, 9.17) is 16.7 Å². The SMILES string of the molecule is C/C(=C\c1ccccc1[N+](=O)[O-])C(=O)Nc1cc(C(=O)O)ccc1Cl. The predicted molar refractivity (Wildman–Crippen MR) is 93.8 cm³/mol. The first-order valence-corrected chi connectivity index (χ1v) is 7.43. The van der Waals surface area contributed by atoms with Crippen LogP contribution < -0.4 is 5.32 Å². The summed E-state index contributed by atoms with van der Waals surface area (Å²) < 4.78 is 0. The van der Waals surface area contributed by atoms with Crippen molar-refractivity contribution in [3.05, 3.63) is 74.3 Å². The van der Waals surface area contributed by atoms with Gasteiger partial charge in [-0.05, 0) is 37.3 Å². The van der Waals surface area contributed by atoms with E-state index in [1.54, 1.807) is 6.07 Å². The second-order valence-electron chi connectivity index (χ2n) is 5.10. The predicted octanol–water partition coefficient (Wildman–Crippen LogP) is 3.99. The maximum Gasteiger partial charge on any atom is 0.335 e. The Kier molecular flexibility index (Phi) is 5.51. The average molecular weight is 361 g/mol. The van der Waals surface area contributed by atoms with Crippen molar-refractivity contribution < 1.29 is 19.6 Å². The first-order chi connectivity index (χ1) is 11.8. The summed E-state index contributed by atoms with van der Waals surface area (Å²) in [5.41, 5.74) is 0.471. The van der Waals surface area contributed by atoms with E-state index in [0.29, 0.717) is 0 Å². The van der Waals surface area contributed by atoms with Crippen LogP contribution in [0.2, 0.25) is 5.02 Å². The van der Waals surface area contributed by atoms with Gasteiger partial charge in [0.25, 0.3) is 11.6 Å². The molecule has 0 unspecified atom stereocenters. The number of amides is 1. The fourth-order valence-electron chi connectivity index (χ4n) is 2.05. The van der Waals surface area contributed by atoms with Crippen molar-refractivity contribution in [2.24, 2.45) is 0 Å². The van der Waals surface area contributed by atoms with E-state index in [1.165, 1.54) is 49.4 Å². The molecule has 0 aliphatic rings. The third-order valence-corrected chi connectivity index (χ3v) is 3.65. The number of nitrogens with zero attached hydrogens (tertiary/aromatic N) is 1. The van der Waals surface area contributed by atoms with Crippen LogP contribution in [-0.4, -0.2) is 21.9 Å². The van der Waals surface area contributed by atoms with Gasteiger partial charge in [0.15, 0.2) is 0 Å². The van der Waals surface area contributed by atoms with E-state index < -0.39 is 16.8 Å².